The van der Waals surface area contributed by atoms with E-state index in [-0.39, 0.29) is 12.3 Å². The van der Waals surface area contributed by atoms with Crippen LogP contribution in [0.2, 0.25) is 0 Å². The molecule has 0 radical (unpaired) electrons. The lowest BCUT2D eigenvalue weighted by molar-refractivity contribution is -0.144. The van der Waals surface area contributed by atoms with Gasteiger partial charge in [-0.2, -0.15) is 13.2 Å². The third kappa shape index (κ3) is 7.14. The Morgan fingerprint density at radius 3 is 2.23 bits per heavy atom. The maximum Gasteiger partial charge on any atom is 0.416 e. The summed E-state index contributed by atoms with van der Waals surface area (Å²) in [6.07, 6.45) is -1.09. The zero-order valence-electron chi connectivity index (χ0n) is 19.2. The van der Waals surface area contributed by atoms with Crippen molar-refractivity contribution >= 4 is 11.9 Å². The number of hydrogen-bond acceptors (Lipinski definition) is 5. The number of ether oxygens (including phenoxy) is 1. The van der Waals surface area contributed by atoms with Crippen LogP contribution in [0.15, 0.2) is 54.9 Å². The number of aromatic nitrogens is 2. The second-order valence-electron chi connectivity index (χ2n) is 7.97. The molecule has 0 amide bonds. The first-order valence-electron chi connectivity index (χ1n) is 11.0. The predicted molar refractivity (Wildman–Crippen MR) is 122 cm³/mol. The Balaban J connectivity index is 1.77. The van der Waals surface area contributed by atoms with Crippen LogP contribution in [0.25, 0.3) is 0 Å². The minimum absolute atomic E-state index is 0.163. The zero-order valence-corrected chi connectivity index (χ0v) is 19.2. The van der Waals surface area contributed by atoms with Crippen molar-refractivity contribution in [2.75, 3.05) is 11.4 Å². The van der Waals surface area contributed by atoms with Crippen molar-refractivity contribution in [1.29, 1.82) is 0 Å². The molecule has 3 aromatic rings. The smallest absolute Gasteiger partial charge is 0.416 e. The molecule has 0 aliphatic rings. The maximum absolute atomic E-state index is 14.4. The molecular weight excluding hydrogens is 466 g/mol. The molecule has 1 atom stereocenters. The van der Waals surface area contributed by atoms with Gasteiger partial charge >= 0.3 is 12.1 Å². The molecule has 1 heterocycles. The van der Waals surface area contributed by atoms with Crippen LogP contribution >= 0.6 is 0 Å². The molecule has 1 N–H and O–H groups in total. The topological polar surface area (TPSA) is 75.6 Å². The lowest BCUT2D eigenvalue weighted by Gasteiger charge is -2.23. The second-order valence-corrected chi connectivity index (χ2v) is 7.97. The molecule has 0 aliphatic carbocycles. The summed E-state index contributed by atoms with van der Waals surface area (Å²) in [7, 11) is 0. The molecule has 3 rings (SSSR count). The highest BCUT2D eigenvalue weighted by Crippen LogP contribution is 2.29. The van der Waals surface area contributed by atoms with Gasteiger partial charge in [0.15, 0.2) is 17.7 Å². The summed E-state index contributed by atoms with van der Waals surface area (Å²) in [5.74, 6) is -1.66. The first-order valence-corrected chi connectivity index (χ1v) is 11.0. The molecular formula is C25H25F4N3O3. The second kappa shape index (κ2) is 11.2. The highest BCUT2D eigenvalue weighted by Gasteiger charge is 2.30. The Labute approximate surface area is 200 Å². The number of rotatable bonds is 10. The number of benzene rings is 2. The monoisotopic (exact) mass is 491 g/mol. The fourth-order valence-corrected chi connectivity index (χ4v) is 3.26. The number of alkyl halides is 3. The molecule has 0 aliphatic heterocycles. The Hall–Kier alpha value is -3.69. The van der Waals surface area contributed by atoms with Gasteiger partial charge in [-0.05, 0) is 60.7 Å². The number of carboxylic acids is 1. The Bertz CT molecular complexity index is 1140. The van der Waals surface area contributed by atoms with Gasteiger partial charge in [-0.25, -0.2) is 19.2 Å². The average Bonchev–Trinajstić information content (AvgIpc) is 2.83. The first-order chi connectivity index (χ1) is 16.6. The number of carbonyl (C=O) groups is 1. The maximum atomic E-state index is 14.4. The molecule has 0 bridgehead atoms. The lowest BCUT2D eigenvalue weighted by Crippen LogP contribution is -2.27. The predicted octanol–water partition coefficient (Wildman–Crippen LogP) is 5.30. The van der Waals surface area contributed by atoms with E-state index in [1.54, 1.807) is 23.4 Å². The van der Waals surface area contributed by atoms with Gasteiger partial charge in [-0.1, -0.05) is 25.1 Å². The highest BCUT2D eigenvalue weighted by atomic mass is 19.4. The molecule has 1 unspecified atom stereocenters. The van der Waals surface area contributed by atoms with Crippen molar-refractivity contribution in [3.8, 4) is 5.75 Å². The van der Waals surface area contributed by atoms with Crippen molar-refractivity contribution in [2.24, 2.45) is 0 Å². The molecule has 35 heavy (non-hydrogen) atoms. The Kier molecular flexibility index (Phi) is 8.26. The average molecular weight is 491 g/mol. The molecule has 1 aromatic heterocycles. The van der Waals surface area contributed by atoms with E-state index in [2.05, 4.69) is 9.97 Å². The van der Waals surface area contributed by atoms with E-state index < -0.39 is 29.6 Å². The van der Waals surface area contributed by atoms with Crippen molar-refractivity contribution < 1.29 is 32.2 Å². The SMILES string of the molecule is CCc1cnc(N(CCc2ccc(OC(C)C(=O)O)c(F)c2)Cc2ccc(C(F)(F)F)cc2)nc1. The molecule has 0 fully saturated rings. The molecule has 186 valence electrons. The van der Waals surface area contributed by atoms with Gasteiger partial charge in [-0.3, -0.25) is 0 Å². The van der Waals surface area contributed by atoms with Gasteiger partial charge in [0.05, 0.1) is 5.56 Å². The number of aryl methyl sites for hydroxylation is 1. The zero-order chi connectivity index (χ0) is 25.6. The van der Waals surface area contributed by atoms with Crippen LogP contribution in [0.1, 0.15) is 36.1 Å². The van der Waals surface area contributed by atoms with E-state index >= 15 is 0 Å². The minimum Gasteiger partial charge on any atom is -0.479 e. The number of anilines is 1. The summed E-state index contributed by atoms with van der Waals surface area (Å²) in [5.41, 5.74) is 1.47. The van der Waals surface area contributed by atoms with Gasteiger partial charge in [0.2, 0.25) is 5.95 Å². The van der Waals surface area contributed by atoms with Gasteiger partial charge in [0.25, 0.3) is 0 Å². The largest absolute Gasteiger partial charge is 0.479 e. The number of halogens is 4. The fourth-order valence-electron chi connectivity index (χ4n) is 3.26. The molecule has 2 aromatic carbocycles. The van der Waals surface area contributed by atoms with Crippen LogP contribution in [0.3, 0.4) is 0 Å². The van der Waals surface area contributed by atoms with Gasteiger partial charge in [0, 0.05) is 25.5 Å². The summed E-state index contributed by atoms with van der Waals surface area (Å²) in [6, 6.07) is 9.14. The quantitative estimate of drug-likeness (QED) is 0.388. The first kappa shape index (κ1) is 25.9. The summed E-state index contributed by atoms with van der Waals surface area (Å²) >= 11 is 0. The van der Waals surface area contributed by atoms with E-state index in [1.165, 1.54) is 31.2 Å². The normalized spacial score (nSPS) is 12.3. The van der Waals surface area contributed by atoms with Gasteiger partial charge in [-0.15, -0.1) is 0 Å². The van der Waals surface area contributed by atoms with E-state index in [4.69, 9.17) is 9.84 Å². The molecule has 6 nitrogen and oxygen atoms in total. The van der Waals surface area contributed by atoms with Crippen molar-refractivity contribution in [1.82, 2.24) is 9.97 Å². The van der Waals surface area contributed by atoms with Crippen LogP contribution < -0.4 is 9.64 Å². The van der Waals surface area contributed by atoms with Crippen molar-refractivity contribution in [3.05, 3.63) is 82.9 Å². The number of hydrogen-bond donors (Lipinski definition) is 1. The van der Waals surface area contributed by atoms with Crippen LogP contribution in [0, 0.1) is 5.82 Å². The summed E-state index contributed by atoms with van der Waals surface area (Å²) in [6.45, 7) is 3.89. The lowest BCUT2D eigenvalue weighted by atomic mass is 10.1. The number of aliphatic carboxylic acids is 1. The number of carboxylic acid groups (broad SMARTS) is 1. The molecule has 0 spiro atoms. The standard InChI is InChI=1S/C25H25F4N3O3/c1-3-17-13-30-24(31-14-17)32(15-19-4-7-20(8-5-19)25(27,28)29)11-10-18-6-9-22(21(26)12-18)35-16(2)23(33)34/h4-9,12-14,16H,3,10-11,15H2,1-2H3,(H,33,34). The van der Waals surface area contributed by atoms with Crippen LogP contribution in [0.5, 0.6) is 5.75 Å². The van der Waals surface area contributed by atoms with E-state index in [9.17, 15) is 22.4 Å². The third-order valence-electron chi connectivity index (χ3n) is 5.36. The van der Waals surface area contributed by atoms with Crippen molar-refractivity contribution in [3.63, 3.8) is 0 Å². The van der Waals surface area contributed by atoms with Crippen LogP contribution in [-0.2, 0) is 30.4 Å². The Morgan fingerprint density at radius 2 is 1.69 bits per heavy atom. The van der Waals surface area contributed by atoms with E-state index in [0.717, 1.165) is 24.1 Å². The summed E-state index contributed by atoms with van der Waals surface area (Å²) < 4.78 is 58.2. The summed E-state index contributed by atoms with van der Waals surface area (Å²) in [5, 5.41) is 8.93. The van der Waals surface area contributed by atoms with Crippen LogP contribution in [0.4, 0.5) is 23.5 Å². The van der Waals surface area contributed by atoms with E-state index in [1.807, 2.05) is 6.92 Å². The summed E-state index contributed by atoms with van der Waals surface area (Å²) in [4.78, 5) is 21.5. The highest BCUT2D eigenvalue weighted by molar-refractivity contribution is 5.72. The fraction of sp³-hybridized carbons (Fsp3) is 0.320. The molecule has 10 heteroatoms. The molecule has 0 saturated carbocycles. The molecule has 0 saturated heterocycles. The number of nitrogens with zero attached hydrogens (tertiary/aromatic N) is 3. The van der Waals surface area contributed by atoms with Gasteiger partial charge in [0.1, 0.15) is 0 Å². The third-order valence-corrected chi connectivity index (χ3v) is 5.36. The minimum atomic E-state index is -4.42. The van der Waals surface area contributed by atoms with Gasteiger partial charge < -0.3 is 14.7 Å². The van der Waals surface area contributed by atoms with Crippen molar-refractivity contribution in [2.45, 2.75) is 45.5 Å². The Morgan fingerprint density at radius 1 is 1.06 bits per heavy atom. The van der Waals surface area contributed by atoms with E-state index in [0.29, 0.717) is 30.0 Å². The van der Waals surface area contributed by atoms with Crippen LogP contribution in [-0.4, -0.2) is 33.7 Å².